The van der Waals surface area contributed by atoms with E-state index in [2.05, 4.69) is 9.97 Å². The molecule has 5 nitrogen and oxygen atoms in total. The first-order valence-electron chi connectivity index (χ1n) is 10.7. The van der Waals surface area contributed by atoms with Crippen molar-refractivity contribution in [1.29, 1.82) is 0 Å². The molecule has 0 radical (unpaired) electrons. The lowest BCUT2D eigenvalue weighted by atomic mass is 10.1. The Morgan fingerprint density at radius 3 is 2.52 bits per heavy atom. The van der Waals surface area contributed by atoms with Crippen LogP contribution in [0.5, 0.6) is 0 Å². The Labute approximate surface area is 197 Å². The maximum Gasteiger partial charge on any atom is 0.410 e. The normalized spacial score (nSPS) is 13.8. The number of hydrogen-bond acceptors (Lipinski definition) is 4. The van der Waals surface area contributed by atoms with Crippen LogP contribution in [0.4, 0.5) is 9.18 Å². The summed E-state index contributed by atoms with van der Waals surface area (Å²) in [4.78, 5) is 22.9. The molecular weight excluding hydrogens is 441 g/mol. The second-order valence-corrected chi connectivity index (χ2v) is 9.38. The molecule has 1 amide bonds. The van der Waals surface area contributed by atoms with E-state index in [1.165, 1.54) is 6.07 Å². The van der Waals surface area contributed by atoms with Gasteiger partial charge in [0.05, 0.1) is 17.8 Å². The standard InChI is InChI=1S/C26H25ClFN3O2/c1-26(2,3)33-25(32)31-13-12-23-19(16-31)15-29-24(30-23)21-11-8-18(14-22(21)28)5-4-17-6-9-20(27)10-7-17/h4-11,14-15H,12-13,16H2,1-3H3/b5-4+. The Kier molecular flexibility index (Phi) is 6.47. The van der Waals surface area contributed by atoms with Gasteiger partial charge in [-0.15, -0.1) is 0 Å². The predicted octanol–water partition coefficient (Wildman–Crippen LogP) is 6.40. The molecule has 0 aliphatic carbocycles. The molecule has 1 aliphatic rings. The van der Waals surface area contributed by atoms with Crippen molar-refractivity contribution < 1.29 is 13.9 Å². The first-order chi connectivity index (χ1) is 15.7. The van der Waals surface area contributed by atoms with Gasteiger partial charge in [0.1, 0.15) is 11.4 Å². The van der Waals surface area contributed by atoms with E-state index in [4.69, 9.17) is 16.3 Å². The fourth-order valence-electron chi connectivity index (χ4n) is 3.51. The smallest absolute Gasteiger partial charge is 0.410 e. The second-order valence-electron chi connectivity index (χ2n) is 8.94. The van der Waals surface area contributed by atoms with Crippen molar-refractivity contribution >= 4 is 29.8 Å². The molecule has 0 atom stereocenters. The molecular formula is C26H25ClFN3O2. The number of rotatable bonds is 3. The maximum atomic E-state index is 14.9. The molecule has 0 fully saturated rings. The fraction of sp³-hybridized carbons (Fsp3) is 0.269. The van der Waals surface area contributed by atoms with Crippen LogP contribution in [0.2, 0.25) is 5.02 Å². The minimum Gasteiger partial charge on any atom is -0.444 e. The highest BCUT2D eigenvalue weighted by molar-refractivity contribution is 6.30. The van der Waals surface area contributed by atoms with Crippen LogP contribution in [0.3, 0.4) is 0 Å². The molecule has 0 bridgehead atoms. The van der Waals surface area contributed by atoms with Crippen LogP contribution in [-0.4, -0.2) is 33.1 Å². The van der Waals surface area contributed by atoms with Crippen LogP contribution in [0.1, 0.15) is 43.2 Å². The molecule has 1 aliphatic heterocycles. The van der Waals surface area contributed by atoms with Gasteiger partial charge in [-0.3, -0.25) is 0 Å². The van der Waals surface area contributed by atoms with Crippen LogP contribution in [-0.2, 0) is 17.7 Å². The first-order valence-corrected chi connectivity index (χ1v) is 11.1. The molecule has 0 saturated carbocycles. The Bertz CT molecular complexity index is 1200. The zero-order valence-electron chi connectivity index (χ0n) is 18.8. The van der Waals surface area contributed by atoms with Gasteiger partial charge in [0.25, 0.3) is 0 Å². The average molecular weight is 466 g/mol. The van der Waals surface area contributed by atoms with E-state index in [0.29, 0.717) is 35.9 Å². The van der Waals surface area contributed by atoms with Gasteiger partial charge in [0, 0.05) is 29.7 Å². The van der Waals surface area contributed by atoms with Crippen molar-refractivity contribution in [1.82, 2.24) is 14.9 Å². The molecule has 0 N–H and O–H groups in total. The van der Waals surface area contributed by atoms with Crippen LogP contribution in [0.15, 0.2) is 48.7 Å². The van der Waals surface area contributed by atoms with E-state index >= 15 is 0 Å². The summed E-state index contributed by atoms with van der Waals surface area (Å²) in [6, 6.07) is 12.4. The molecule has 2 heterocycles. The third kappa shape index (κ3) is 5.76. The molecule has 0 saturated heterocycles. The first kappa shape index (κ1) is 22.9. The largest absolute Gasteiger partial charge is 0.444 e. The van der Waals surface area contributed by atoms with Crippen molar-refractivity contribution in [3.63, 3.8) is 0 Å². The number of fused-ring (bicyclic) bond motifs is 1. The van der Waals surface area contributed by atoms with E-state index in [1.54, 1.807) is 17.2 Å². The van der Waals surface area contributed by atoms with E-state index in [1.807, 2.05) is 63.3 Å². The van der Waals surface area contributed by atoms with Crippen LogP contribution >= 0.6 is 11.6 Å². The van der Waals surface area contributed by atoms with Crippen LogP contribution in [0, 0.1) is 5.82 Å². The zero-order chi connectivity index (χ0) is 23.6. The van der Waals surface area contributed by atoms with Crippen LogP contribution < -0.4 is 0 Å². The number of aromatic nitrogens is 2. The predicted molar refractivity (Wildman–Crippen MR) is 128 cm³/mol. The molecule has 7 heteroatoms. The lowest BCUT2D eigenvalue weighted by Gasteiger charge is -2.30. The summed E-state index contributed by atoms with van der Waals surface area (Å²) in [5.41, 5.74) is 3.17. The van der Waals surface area contributed by atoms with Gasteiger partial charge >= 0.3 is 6.09 Å². The number of carbonyl (C=O) groups excluding carboxylic acids is 1. The molecule has 33 heavy (non-hydrogen) atoms. The van der Waals surface area contributed by atoms with Crippen molar-refractivity contribution in [2.45, 2.75) is 39.3 Å². The van der Waals surface area contributed by atoms with Crippen molar-refractivity contribution in [3.8, 4) is 11.4 Å². The quantitative estimate of drug-likeness (QED) is 0.420. The average Bonchev–Trinajstić information content (AvgIpc) is 2.77. The Balaban J connectivity index is 1.49. The molecule has 170 valence electrons. The van der Waals surface area contributed by atoms with Gasteiger partial charge in [0.15, 0.2) is 5.82 Å². The molecule has 3 aromatic rings. The molecule has 0 unspecified atom stereocenters. The number of halogens is 2. The van der Waals surface area contributed by atoms with Gasteiger partial charge in [-0.2, -0.15) is 0 Å². The summed E-state index contributed by atoms with van der Waals surface area (Å²) in [5.74, 6) is -0.0513. The number of hydrogen-bond donors (Lipinski definition) is 0. The summed E-state index contributed by atoms with van der Waals surface area (Å²) in [6.07, 6.45) is 5.62. The van der Waals surface area contributed by atoms with Gasteiger partial charge in [-0.05, 0) is 56.2 Å². The minimum absolute atomic E-state index is 0.338. The molecule has 0 spiro atoms. The third-order valence-electron chi connectivity index (χ3n) is 5.16. The summed E-state index contributed by atoms with van der Waals surface area (Å²) >= 11 is 5.90. The number of ether oxygens (including phenoxy) is 1. The van der Waals surface area contributed by atoms with Gasteiger partial charge in [-0.1, -0.05) is 42.0 Å². The third-order valence-corrected chi connectivity index (χ3v) is 5.41. The fourth-order valence-corrected chi connectivity index (χ4v) is 3.64. The second kappa shape index (κ2) is 9.32. The summed E-state index contributed by atoms with van der Waals surface area (Å²) in [5, 5.41) is 0.671. The molecule has 4 rings (SSSR count). The number of amides is 1. The Morgan fingerprint density at radius 2 is 1.82 bits per heavy atom. The van der Waals surface area contributed by atoms with E-state index in [0.717, 1.165) is 22.4 Å². The topological polar surface area (TPSA) is 55.3 Å². The van der Waals surface area contributed by atoms with Gasteiger partial charge in [-0.25, -0.2) is 19.2 Å². The van der Waals surface area contributed by atoms with Crippen molar-refractivity contribution in [2.75, 3.05) is 6.54 Å². The van der Waals surface area contributed by atoms with E-state index in [9.17, 15) is 9.18 Å². The zero-order valence-corrected chi connectivity index (χ0v) is 19.6. The Morgan fingerprint density at radius 1 is 1.12 bits per heavy atom. The van der Waals surface area contributed by atoms with E-state index in [-0.39, 0.29) is 11.9 Å². The highest BCUT2D eigenvalue weighted by Gasteiger charge is 2.27. The summed E-state index contributed by atoms with van der Waals surface area (Å²) in [7, 11) is 0. The van der Waals surface area contributed by atoms with Crippen molar-refractivity contribution in [2.24, 2.45) is 0 Å². The SMILES string of the molecule is CC(C)(C)OC(=O)N1CCc2nc(-c3ccc(/C=C/c4ccc(Cl)cc4)cc3F)ncc2C1. The number of nitrogens with zero attached hydrogens (tertiary/aromatic N) is 3. The number of carbonyl (C=O) groups is 1. The highest BCUT2D eigenvalue weighted by atomic mass is 35.5. The minimum atomic E-state index is -0.550. The Hall–Kier alpha value is -3.25. The highest BCUT2D eigenvalue weighted by Crippen LogP contribution is 2.25. The van der Waals surface area contributed by atoms with Gasteiger partial charge < -0.3 is 9.64 Å². The van der Waals surface area contributed by atoms with Gasteiger partial charge in [0.2, 0.25) is 0 Å². The number of benzene rings is 2. The van der Waals surface area contributed by atoms with E-state index < -0.39 is 5.60 Å². The maximum absolute atomic E-state index is 14.9. The van der Waals surface area contributed by atoms with Crippen molar-refractivity contribution in [3.05, 3.63) is 81.9 Å². The monoisotopic (exact) mass is 465 g/mol. The lowest BCUT2D eigenvalue weighted by Crippen LogP contribution is -2.40. The van der Waals surface area contributed by atoms with Crippen LogP contribution in [0.25, 0.3) is 23.5 Å². The summed E-state index contributed by atoms with van der Waals surface area (Å²) < 4.78 is 20.3. The summed E-state index contributed by atoms with van der Waals surface area (Å²) in [6.45, 7) is 6.39. The lowest BCUT2D eigenvalue weighted by molar-refractivity contribution is 0.0222. The molecule has 2 aromatic carbocycles. The molecule has 1 aromatic heterocycles.